The Kier molecular flexibility index (Phi) is 7.05. The van der Waals surface area contributed by atoms with Gasteiger partial charge in [0.15, 0.2) is 14.0 Å². The lowest BCUT2D eigenvalue weighted by Crippen LogP contribution is -2.41. The molecule has 7 heteroatoms. The number of aromatic nitrogens is 2. The van der Waals surface area contributed by atoms with E-state index in [-0.39, 0.29) is 11.0 Å². The van der Waals surface area contributed by atoms with Crippen LogP contribution < -0.4 is 4.74 Å². The average Bonchev–Trinajstić information content (AvgIpc) is 3.00. The van der Waals surface area contributed by atoms with Crippen LogP contribution in [0, 0.1) is 0 Å². The van der Waals surface area contributed by atoms with Crippen LogP contribution in [0.15, 0.2) is 24.5 Å². The molecule has 0 amide bonds. The minimum Gasteiger partial charge on any atom is -0.493 e. The van der Waals surface area contributed by atoms with Crippen LogP contribution in [0.25, 0.3) is 5.65 Å². The molecule has 150 valence electrons. The molecule has 0 aromatic carbocycles. The molecule has 0 radical (unpaired) electrons. The van der Waals surface area contributed by atoms with Gasteiger partial charge in [0.05, 0.1) is 19.4 Å². The third-order valence-electron chi connectivity index (χ3n) is 5.05. The van der Waals surface area contributed by atoms with Crippen molar-refractivity contribution in [3.05, 3.63) is 30.2 Å². The summed E-state index contributed by atoms with van der Waals surface area (Å²) in [5.41, 5.74) is 1.08. The van der Waals surface area contributed by atoms with Gasteiger partial charge in [-0.25, -0.2) is 9.78 Å². The Morgan fingerprint density at radius 3 is 2.59 bits per heavy atom. The predicted molar refractivity (Wildman–Crippen MR) is 109 cm³/mol. The summed E-state index contributed by atoms with van der Waals surface area (Å²) in [5, 5.41) is 0.242. The van der Waals surface area contributed by atoms with Crippen molar-refractivity contribution in [1.29, 1.82) is 0 Å². The van der Waals surface area contributed by atoms with Crippen molar-refractivity contribution in [2.24, 2.45) is 0 Å². The molecule has 0 saturated heterocycles. The summed E-state index contributed by atoms with van der Waals surface area (Å²) >= 11 is 0. The molecule has 2 rings (SSSR count). The maximum absolute atomic E-state index is 11.9. The molecule has 27 heavy (non-hydrogen) atoms. The lowest BCUT2D eigenvalue weighted by Gasteiger charge is -2.36. The van der Waals surface area contributed by atoms with Gasteiger partial charge in [0.25, 0.3) is 0 Å². The van der Waals surface area contributed by atoms with E-state index in [2.05, 4.69) is 38.8 Å². The Balaban J connectivity index is 1.80. The van der Waals surface area contributed by atoms with Crippen molar-refractivity contribution >= 4 is 19.9 Å². The van der Waals surface area contributed by atoms with Crippen molar-refractivity contribution in [3.63, 3.8) is 0 Å². The SMILES string of the molecule is CCOC(=O)c1cnc2cc(OCCCCO[Si](C)(C)C(C)(C)C)ccn12. The Bertz CT molecular complexity index is 765. The molecule has 0 saturated carbocycles. The molecule has 0 bridgehead atoms. The van der Waals surface area contributed by atoms with Crippen molar-refractivity contribution in [1.82, 2.24) is 9.38 Å². The first-order chi connectivity index (χ1) is 12.7. The smallest absolute Gasteiger partial charge is 0.356 e. The number of carbonyl (C=O) groups excluding carboxylic acids is 1. The highest BCUT2D eigenvalue weighted by atomic mass is 28.4. The summed E-state index contributed by atoms with van der Waals surface area (Å²) < 4.78 is 18.7. The number of ether oxygens (including phenoxy) is 2. The Morgan fingerprint density at radius 1 is 1.22 bits per heavy atom. The number of hydrogen-bond acceptors (Lipinski definition) is 5. The van der Waals surface area contributed by atoms with Gasteiger partial charge in [-0.3, -0.25) is 4.40 Å². The van der Waals surface area contributed by atoms with Crippen molar-refractivity contribution in [3.8, 4) is 5.75 Å². The Morgan fingerprint density at radius 2 is 1.93 bits per heavy atom. The monoisotopic (exact) mass is 392 g/mol. The number of rotatable bonds is 9. The van der Waals surface area contributed by atoms with E-state index < -0.39 is 8.32 Å². The van der Waals surface area contributed by atoms with E-state index in [9.17, 15) is 4.79 Å². The second-order valence-corrected chi connectivity index (χ2v) is 12.9. The van der Waals surface area contributed by atoms with Crippen LogP contribution in [0.5, 0.6) is 5.75 Å². The minimum absolute atomic E-state index is 0.242. The van der Waals surface area contributed by atoms with E-state index in [0.29, 0.717) is 24.6 Å². The van der Waals surface area contributed by atoms with E-state index in [4.69, 9.17) is 13.9 Å². The highest BCUT2D eigenvalue weighted by Crippen LogP contribution is 2.36. The molecule has 0 aliphatic carbocycles. The summed E-state index contributed by atoms with van der Waals surface area (Å²) in [5.74, 6) is 0.370. The topological polar surface area (TPSA) is 62.1 Å². The van der Waals surface area contributed by atoms with Gasteiger partial charge in [0.1, 0.15) is 11.4 Å². The fourth-order valence-corrected chi connectivity index (χ4v) is 3.43. The summed E-state index contributed by atoms with van der Waals surface area (Å²) in [6.45, 7) is 14.8. The number of hydrogen-bond donors (Lipinski definition) is 0. The van der Waals surface area contributed by atoms with E-state index in [1.165, 1.54) is 6.20 Å². The number of carbonyl (C=O) groups is 1. The maximum Gasteiger partial charge on any atom is 0.356 e. The minimum atomic E-state index is -1.66. The number of fused-ring (bicyclic) bond motifs is 1. The molecule has 0 N–H and O–H groups in total. The molecule has 0 fully saturated rings. The van der Waals surface area contributed by atoms with Crippen molar-refractivity contribution in [2.75, 3.05) is 19.8 Å². The van der Waals surface area contributed by atoms with Crippen LogP contribution in [0.3, 0.4) is 0 Å². The lowest BCUT2D eigenvalue weighted by molar-refractivity contribution is 0.0518. The number of imidazole rings is 1. The third-order valence-corrected chi connectivity index (χ3v) is 9.58. The molecule has 0 aliphatic rings. The van der Waals surface area contributed by atoms with Gasteiger partial charge in [-0.05, 0) is 44.0 Å². The standard InChI is InChI=1S/C20H32N2O4Si/c1-7-24-19(23)17-15-21-18-14-16(10-11-22(17)18)25-12-8-9-13-26-27(5,6)20(2,3)4/h10-11,14-15H,7-9,12-13H2,1-6H3. The van der Waals surface area contributed by atoms with E-state index in [1.54, 1.807) is 17.5 Å². The molecule has 2 heterocycles. The summed E-state index contributed by atoms with van der Waals surface area (Å²) in [6, 6.07) is 3.67. The third kappa shape index (κ3) is 5.56. The second-order valence-electron chi connectivity index (χ2n) is 8.12. The molecular weight excluding hydrogens is 360 g/mol. The molecular formula is C20H32N2O4Si. The van der Waals surface area contributed by atoms with Crippen LogP contribution in [-0.2, 0) is 9.16 Å². The Hall–Kier alpha value is -1.86. The van der Waals surface area contributed by atoms with Crippen LogP contribution in [-0.4, -0.2) is 43.5 Å². The first-order valence-electron chi connectivity index (χ1n) is 9.56. The molecule has 0 atom stereocenters. The maximum atomic E-state index is 11.9. The van der Waals surface area contributed by atoms with Crippen LogP contribution in [0.4, 0.5) is 0 Å². The fourth-order valence-electron chi connectivity index (χ4n) is 2.35. The molecule has 0 spiro atoms. The largest absolute Gasteiger partial charge is 0.493 e. The van der Waals surface area contributed by atoms with Crippen molar-refractivity contribution < 1.29 is 18.7 Å². The first-order valence-corrected chi connectivity index (χ1v) is 12.5. The van der Waals surface area contributed by atoms with Gasteiger partial charge in [-0.15, -0.1) is 0 Å². The van der Waals surface area contributed by atoms with E-state index in [0.717, 1.165) is 25.2 Å². The van der Waals surface area contributed by atoms with Gasteiger partial charge in [0, 0.05) is 18.9 Å². The predicted octanol–water partition coefficient (Wildman–Crippen LogP) is 4.69. The normalized spacial score (nSPS) is 12.4. The molecule has 2 aromatic rings. The summed E-state index contributed by atoms with van der Waals surface area (Å²) in [6.07, 6.45) is 5.22. The quantitative estimate of drug-likeness (QED) is 0.352. The van der Waals surface area contributed by atoms with Crippen LogP contribution >= 0.6 is 0 Å². The number of nitrogens with zero attached hydrogens (tertiary/aromatic N) is 2. The number of pyridine rings is 1. The molecule has 6 nitrogen and oxygen atoms in total. The van der Waals surface area contributed by atoms with Gasteiger partial charge in [-0.1, -0.05) is 20.8 Å². The van der Waals surface area contributed by atoms with Crippen molar-refractivity contribution in [2.45, 2.75) is 58.7 Å². The van der Waals surface area contributed by atoms with Gasteiger partial charge in [0.2, 0.25) is 0 Å². The molecule has 2 aromatic heterocycles. The summed E-state index contributed by atoms with van der Waals surface area (Å²) in [4.78, 5) is 16.1. The summed E-state index contributed by atoms with van der Waals surface area (Å²) in [7, 11) is -1.66. The van der Waals surface area contributed by atoms with E-state index >= 15 is 0 Å². The number of esters is 1. The highest BCUT2D eigenvalue weighted by Gasteiger charge is 2.36. The van der Waals surface area contributed by atoms with Crippen LogP contribution in [0.2, 0.25) is 18.1 Å². The zero-order chi connectivity index (χ0) is 20.1. The van der Waals surface area contributed by atoms with E-state index in [1.807, 2.05) is 12.1 Å². The average molecular weight is 393 g/mol. The Labute approximate surface area is 163 Å². The zero-order valence-corrected chi connectivity index (χ0v) is 18.4. The number of unbranched alkanes of at least 4 members (excludes halogenated alkanes) is 1. The van der Waals surface area contributed by atoms with Crippen LogP contribution in [0.1, 0.15) is 51.0 Å². The first kappa shape index (κ1) is 21.4. The zero-order valence-electron chi connectivity index (χ0n) is 17.4. The lowest BCUT2D eigenvalue weighted by atomic mass is 10.2. The molecule has 0 unspecified atom stereocenters. The second kappa shape index (κ2) is 8.88. The molecule has 0 aliphatic heterocycles. The van der Waals surface area contributed by atoms with Gasteiger partial charge >= 0.3 is 5.97 Å². The highest BCUT2D eigenvalue weighted by molar-refractivity contribution is 6.74. The fraction of sp³-hybridized carbons (Fsp3) is 0.600. The van der Waals surface area contributed by atoms with Gasteiger partial charge in [-0.2, -0.15) is 0 Å². The van der Waals surface area contributed by atoms with Gasteiger partial charge < -0.3 is 13.9 Å².